The fourth-order valence-electron chi connectivity index (χ4n) is 2.92. The van der Waals surface area contributed by atoms with Crippen molar-refractivity contribution in [1.82, 2.24) is 9.97 Å². The number of benzene rings is 1. The van der Waals surface area contributed by atoms with E-state index < -0.39 is 49.2 Å². The molecule has 0 radical (unpaired) electrons. The lowest BCUT2D eigenvalue weighted by molar-refractivity contribution is -0.187. The fraction of sp³-hybridized carbons (Fsp3) is 0.412. The van der Waals surface area contributed by atoms with Crippen molar-refractivity contribution in [1.29, 1.82) is 0 Å². The minimum absolute atomic E-state index is 0.119. The summed E-state index contributed by atoms with van der Waals surface area (Å²) < 4.78 is 31.4. The molecule has 1 aliphatic rings. The summed E-state index contributed by atoms with van der Waals surface area (Å²) in [5.74, 6) is -0.119. The second kappa shape index (κ2) is 8.00. The van der Waals surface area contributed by atoms with Gasteiger partial charge in [-0.1, -0.05) is 30.3 Å². The molecule has 1 aromatic heterocycles. The van der Waals surface area contributed by atoms with Crippen LogP contribution in [0, 0.1) is 0 Å². The first-order valence-electron chi connectivity index (χ1n) is 8.06. The summed E-state index contributed by atoms with van der Waals surface area (Å²) in [6.07, 6.45) is -6.04. The summed E-state index contributed by atoms with van der Waals surface area (Å²) in [6, 6.07) is 9.05. The molecule has 3 rings (SSSR count). The zero-order chi connectivity index (χ0) is 18.7. The number of ether oxygens (including phenoxy) is 1. The van der Waals surface area contributed by atoms with E-state index in [0.717, 1.165) is 6.07 Å². The van der Waals surface area contributed by atoms with Gasteiger partial charge in [-0.15, -0.1) is 0 Å². The van der Waals surface area contributed by atoms with E-state index in [0.29, 0.717) is 5.56 Å². The highest BCUT2D eigenvalue weighted by Crippen LogP contribution is 2.33. The van der Waals surface area contributed by atoms with Crippen LogP contribution in [0.4, 0.5) is 14.7 Å². The third-order valence-corrected chi connectivity index (χ3v) is 4.25. The van der Waals surface area contributed by atoms with Crippen molar-refractivity contribution in [3.05, 3.63) is 53.9 Å². The Kier molecular flexibility index (Phi) is 5.72. The second-order valence-corrected chi connectivity index (χ2v) is 5.95. The molecule has 0 saturated carbocycles. The first-order chi connectivity index (χ1) is 12.5. The first kappa shape index (κ1) is 18.6. The molecule has 1 saturated heterocycles. The maximum atomic E-state index is 12.8. The highest BCUT2D eigenvalue weighted by Gasteiger charge is 2.45. The third-order valence-electron chi connectivity index (χ3n) is 4.25. The van der Waals surface area contributed by atoms with E-state index in [9.17, 15) is 24.1 Å². The van der Waals surface area contributed by atoms with Crippen molar-refractivity contribution in [2.45, 2.75) is 36.9 Å². The standard InChI is InChI=1S/C17H19F2N3O4/c18-16(19)10-6-7-20-17(21-10)22-12-14(25)13(24)11(8-23)26-15(12)9-4-2-1-3-5-9/h1-7,11-16,23-25H,8H2,(H,20,21,22)/t11-,12-,13+,14-,15+/m1/s1. The van der Waals surface area contributed by atoms with Crippen LogP contribution in [0.15, 0.2) is 42.6 Å². The normalized spacial score (nSPS) is 28.9. The SMILES string of the molecule is OC[C@H]1O[C@@H](c2ccccc2)[C@H](Nc2nccc(C(F)F)n2)[C@@H](O)[C@H]1O. The monoisotopic (exact) mass is 367 g/mol. The number of nitrogens with one attached hydrogen (secondary N) is 1. The van der Waals surface area contributed by atoms with Crippen LogP contribution in [0.3, 0.4) is 0 Å². The number of nitrogens with zero attached hydrogens (tertiary/aromatic N) is 2. The van der Waals surface area contributed by atoms with Crippen LogP contribution in [0.25, 0.3) is 0 Å². The van der Waals surface area contributed by atoms with Gasteiger partial charge in [0.15, 0.2) is 0 Å². The number of hydrogen-bond acceptors (Lipinski definition) is 7. The third kappa shape index (κ3) is 3.80. The molecule has 0 unspecified atom stereocenters. The van der Waals surface area contributed by atoms with Gasteiger partial charge in [-0.3, -0.25) is 0 Å². The Bertz CT molecular complexity index is 722. The molecule has 0 aliphatic carbocycles. The minimum Gasteiger partial charge on any atom is -0.394 e. The predicted octanol–water partition coefficient (Wildman–Crippen LogP) is 1.05. The molecule has 2 heterocycles. The average Bonchev–Trinajstić information content (AvgIpc) is 2.66. The molecule has 1 aromatic carbocycles. The van der Waals surface area contributed by atoms with Gasteiger partial charge in [0.2, 0.25) is 5.95 Å². The Labute approximate surface area is 148 Å². The number of halogens is 2. The van der Waals surface area contributed by atoms with E-state index in [4.69, 9.17) is 4.74 Å². The van der Waals surface area contributed by atoms with Crippen LogP contribution >= 0.6 is 0 Å². The van der Waals surface area contributed by atoms with Gasteiger partial charge in [0.05, 0.1) is 12.6 Å². The molecule has 0 amide bonds. The quantitative estimate of drug-likeness (QED) is 0.626. The summed E-state index contributed by atoms with van der Waals surface area (Å²) in [7, 11) is 0. The van der Waals surface area contributed by atoms with Gasteiger partial charge >= 0.3 is 0 Å². The number of anilines is 1. The summed E-state index contributed by atoms with van der Waals surface area (Å²) in [4.78, 5) is 7.61. The van der Waals surface area contributed by atoms with Gasteiger partial charge in [0.25, 0.3) is 6.43 Å². The molecule has 5 atom stereocenters. The zero-order valence-electron chi connectivity index (χ0n) is 13.6. The predicted molar refractivity (Wildman–Crippen MR) is 87.6 cm³/mol. The lowest BCUT2D eigenvalue weighted by Gasteiger charge is -2.43. The topological polar surface area (TPSA) is 108 Å². The number of aromatic nitrogens is 2. The van der Waals surface area contributed by atoms with E-state index in [1.165, 1.54) is 6.20 Å². The largest absolute Gasteiger partial charge is 0.394 e. The molecule has 0 spiro atoms. The van der Waals surface area contributed by atoms with Crippen LogP contribution in [-0.4, -0.2) is 56.2 Å². The zero-order valence-corrected chi connectivity index (χ0v) is 13.6. The Morgan fingerprint density at radius 1 is 1.12 bits per heavy atom. The summed E-state index contributed by atoms with van der Waals surface area (Å²) in [6.45, 7) is -0.481. The summed E-state index contributed by atoms with van der Waals surface area (Å²) in [5, 5.41) is 32.8. The molecule has 140 valence electrons. The molecular formula is C17H19F2N3O4. The molecule has 2 aromatic rings. The van der Waals surface area contributed by atoms with Crippen molar-refractivity contribution in [3.8, 4) is 0 Å². The van der Waals surface area contributed by atoms with Gasteiger partial charge in [0, 0.05) is 6.20 Å². The minimum atomic E-state index is -2.76. The molecule has 26 heavy (non-hydrogen) atoms. The van der Waals surface area contributed by atoms with Gasteiger partial charge < -0.3 is 25.4 Å². The van der Waals surface area contributed by atoms with Crippen LogP contribution in [0.2, 0.25) is 0 Å². The van der Waals surface area contributed by atoms with E-state index in [2.05, 4.69) is 15.3 Å². The number of aliphatic hydroxyl groups is 3. The summed E-state index contributed by atoms with van der Waals surface area (Å²) >= 11 is 0. The van der Waals surface area contributed by atoms with Crippen LogP contribution in [0.5, 0.6) is 0 Å². The molecule has 4 N–H and O–H groups in total. The number of aliphatic hydroxyl groups excluding tert-OH is 3. The van der Waals surface area contributed by atoms with E-state index in [1.807, 2.05) is 0 Å². The lowest BCUT2D eigenvalue weighted by Crippen LogP contribution is -2.58. The van der Waals surface area contributed by atoms with Gasteiger partial charge in [0.1, 0.15) is 30.1 Å². The Morgan fingerprint density at radius 3 is 2.50 bits per heavy atom. The van der Waals surface area contributed by atoms with Crippen LogP contribution < -0.4 is 5.32 Å². The van der Waals surface area contributed by atoms with E-state index in [1.54, 1.807) is 30.3 Å². The van der Waals surface area contributed by atoms with Crippen molar-refractivity contribution in [2.24, 2.45) is 0 Å². The molecule has 7 nitrogen and oxygen atoms in total. The smallest absolute Gasteiger partial charge is 0.280 e. The maximum absolute atomic E-state index is 12.8. The van der Waals surface area contributed by atoms with Crippen molar-refractivity contribution >= 4 is 5.95 Å². The number of rotatable bonds is 5. The van der Waals surface area contributed by atoms with Crippen LogP contribution in [0.1, 0.15) is 23.8 Å². The highest BCUT2D eigenvalue weighted by atomic mass is 19.3. The Balaban J connectivity index is 1.91. The second-order valence-electron chi connectivity index (χ2n) is 5.95. The van der Waals surface area contributed by atoms with Gasteiger partial charge in [-0.25, -0.2) is 18.7 Å². The van der Waals surface area contributed by atoms with E-state index in [-0.39, 0.29) is 5.95 Å². The Morgan fingerprint density at radius 2 is 1.85 bits per heavy atom. The maximum Gasteiger partial charge on any atom is 0.280 e. The number of hydrogen-bond donors (Lipinski definition) is 4. The molecule has 0 bridgehead atoms. The lowest BCUT2D eigenvalue weighted by atomic mass is 9.89. The van der Waals surface area contributed by atoms with E-state index >= 15 is 0 Å². The molecule has 1 aliphatic heterocycles. The first-order valence-corrected chi connectivity index (χ1v) is 8.06. The molecule has 9 heteroatoms. The molecule has 1 fully saturated rings. The molecular weight excluding hydrogens is 348 g/mol. The number of alkyl halides is 2. The summed E-state index contributed by atoms with van der Waals surface area (Å²) in [5.41, 5.74) is 0.221. The Hall–Kier alpha value is -2.20. The van der Waals surface area contributed by atoms with Gasteiger partial charge in [-0.2, -0.15) is 0 Å². The van der Waals surface area contributed by atoms with Gasteiger partial charge in [-0.05, 0) is 11.6 Å². The van der Waals surface area contributed by atoms with Crippen LogP contribution in [-0.2, 0) is 4.74 Å². The van der Waals surface area contributed by atoms with Crippen molar-refractivity contribution in [3.63, 3.8) is 0 Å². The van der Waals surface area contributed by atoms with Crippen molar-refractivity contribution in [2.75, 3.05) is 11.9 Å². The average molecular weight is 367 g/mol. The highest BCUT2D eigenvalue weighted by molar-refractivity contribution is 5.32. The van der Waals surface area contributed by atoms with Crippen molar-refractivity contribution < 1.29 is 28.8 Å². The fourth-order valence-corrected chi connectivity index (χ4v) is 2.92.